The van der Waals surface area contributed by atoms with Gasteiger partial charge in [0.15, 0.2) is 0 Å². The van der Waals surface area contributed by atoms with Crippen molar-refractivity contribution in [1.29, 1.82) is 0 Å². The van der Waals surface area contributed by atoms with Crippen LogP contribution in [0.2, 0.25) is 0 Å². The van der Waals surface area contributed by atoms with Gasteiger partial charge in [-0.15, -0.1) is 0 Å². The zero-order valence-electron chi connectivity index (χ0n) is 13.3. The fraction of sp³-hybridized carbons (Fsp3) is 0.333. The zero-order valence-corrected chi connectivity index (χ0v) is 13.3. The van der Waals surface area contributed by atoms with Crippen molar-refractivity contribution in [2.45, 2.75) is 26.1 Å². The first kappa shape index (κ1) is 16.5. The molecule has 2 N–H and O–H groups in total. The van der Waals surface area contributed by atoms with Crippen LogP contribution in [0.25, 0.3) is 0 Å². The molecule has 0 amide bonds. The second kappa shape index (κ2) is 7.38. The van der Waals surface area contributed by atoms with Crippen LogP contribution in [0.15, 0.2) is 42.5 Å². The molecular formula is C18H23FN2O. The van der Waals surface area contributed by atoms with Gasteiger partial charge >= 0.3 is 0 Å². The lowest BCUT2D eigenvalue weighted by atomic mass is 10.0. The molecule has 0 aliphatic rings. The predicted octanol–water partition coefficient (Wildman–Crippen LogP) is 3.23. The van der Waals surface area contributed by atoms with Crippen LogP contribution < -0.4 is 10.2 Å². The van der Waals surface area contributed by atoms with Crippen LogP contribution in [0, 0.1) is 5.82 Å². The highest BCUT2D eigenvalue weighted by atomic mass is 19.1. The maximum Gasteiger partial charge on any atom is 0.128 e. The lowest BCUT2D eigenvalue weighted by Crippen LogP contribution is -2.21. The first-order valence-electron chi connectivity index (χ1n) is 7.40. The maximum absolute atomic E-state index is 13.4. The Morgan fingerprint density at radius 3 is 2.59 bits per heavy atom. The average molecular weight is 302 g/mol. The zero-order chi connectivity index (χ0) is 16.1. The highest BCUT2D eigenvalue weighted by Gasteiger charge is 2.11. The maximum atomic E-state index is 13.4. The lowest BCUT2D eigenvalue weighted by molar-refractivity contribution is 0.275. The molecule has 0 radical (unpaired) electrons. The summed E-state index contributed by atoms with van der Waals surface area (Å²) in [6, 6.07) is 13.3. The molecule has 0 aliphatic carbocycles. The molecule has 0 aliphatic heterocycles. The summed E-state index contributed by atoms with van der Waals surface area (Å²) in [5, 5.41) is 12.6. The van der Waals surface area contributed by atoms with Crippen molar-refractivity contribution in [3.05, 3.63) is 65.0 Å². The number of aliphatic hydroxyl groups is 1. The number of para-hydroxylation sites is 1. The van der Waals surface area contributed by atoms with Gasteiger partial charge in [0.2, 0.25) is 0 Å². The van der Waals surface area contributed by atoms with Crippen LogP contribution in [0.3, 0.4) is 0 Å². The normalized spacial score (nSPS) is 12.2. The molecule has 3 nitrogen and oxygen atoms in total. The van der Waals surface area contributed by atoms with Gasteiger partial charge in [0.05, 0.1) is 6.61 Å². The molecule has 0 aromatic heterocycles. The summed E-state index contributed by atoms with van der Waals surface area (Å²) in [7, 11) is 4.05. The number of rotatable bonds is 6. The van der Waals surface area contributed by atoms with Crippen LogP contribution in [0.5, 0.6) is 0 Å². The Balaban J connectivity index is 2.09. The van der Waals surface area contributed by atoms with Crippen LogP contribution in [-0.4, -0.2) is 19.2 Å². The number of nitrogens with zero attached hydrogens (tertiary/aromatic N) is 1. The summed E-state index contributed by atoms with van der Waals surface area (Å²) < 4.78 is 13.4. The Labute approximate surface area is 131 Å². The van der Waals surface area contributed by atoms with E-state index in [2.05, 4.69) is 29.3 Å². The number of aliphatic hydroxyl groups excluding tert-OH is 1. The molecule has 1 unspecified atom stereocenters. The monoisotopic (exact) mass is 302 g/mol. The predicted molar refractivity (Wildman–Crippen MR) is 88.3 cm³/mol. The second-order valence-corrected chi connectivity index (χ2v) is 5.64. The first-order chi connectivity index (χ1) is 10.5. The Bertz CT molecular complexity index is 628. The molecule has 0 saturated heterocycles. The van der Waals surface area contributed by atoms with Gasteiger partial charge in [-0.3, -0.25) is 0 Å². The Morgan fingerprint density at radius 1 is 1.18 bits per heavy atom. The van der Waals surface area contributed by atoms with Gasteiger partial charge in [-0.2, -0.15) is 0 Å². The van der Waals surface area contributed by atoms with E-state index in [-0.39, 0.29) is 18.5 Å². The molecule has 0 spiro atoms. The van der Waals surface area contributed by atoms with Crippen LogP contribution in [-0.2, 0) is 13.2 Å². The molecule has 0 saturated carbocycles. The third kappa shape index (κ3) is 3.84. The van der Waals surface area contributed by atoms with Crippen molar-refractivity contribution in [2.24, 2.45) is 0 Å². The fourth-order valence-corrected chi connectivity index (χ4v) is 2.50. The standard InChI is InChI=1S/C18H23FN2O/c1-13(16-6-4-5-7-18(16)21(2)3)20-11-14-8-9-17(19)15(10-14)12-22/h4-10,13,20,22H,11-12H2,1-3H3. The fourth-order valence-electron chi connectivity index (χ4n) is 2.50. The van der Waals surface area contributed by atoms with Gasteiger partial charge in [0.25, 0.3) is 0 Å². The van der Waals surface area contributed by atoms with E-state index in [4.69, 9.17) is 5.11 Å². The number of benzene rings is 2. The van der Waals surface area contributed by atoms with Gasteiger partial charge in [-0.1, -0.05) is 24.3 Å². The van der Waals surface area contributed by atoms with Gasteiger partial charge < -0.3 is 15.3 Å². The third-order valence-corrected chi connectivity index (χ3v) is 3.78. The van der Waals surface area contributed by atoms with Crippen molar-refractivity contribution in [1.82, 2.24) is 5.32 Å². The van der Waals surface area contributed by atoms with E-state index in [1.165, 1.54) is 17.3 Å². The minimum Gasteiger partial charge on any atom is -0.392 e. The van der Waals surface area contributed by atoms with Gasteiger partial charge in [-0.25, -0.2) is 4.39 Å². The second-order valence-electron chi connectivity index (χ2n) is 5.64. The van der Waals surface area contributed by atoms with Crippen LogP contribution in [0.1, 0.15) is 29.7 Å². The van der Waals surface area contributed by atoms with Crippen molar-refractivity contribution in [2.75, 3.05) is 19.0 Å². The third-order valence-electron chi connectivity index (χ3n) is 3.78. The molecule has 0 fully saturated rings. The molecule has 2 aromatic rings. The van der Waals surface area contributed by atoms with Gasteiger partial charge in [0.1, 0.15) is 5.82 Å². The Kier molecular flexibility index (Phi) is 5.52. The van der Waals surface area contributed by atoms with E-state index in [1.54, 1.807) is 12.1 Å². The van der Waals surface area contributed by atoms with Gasteiger partial charge in [-0.05, 0) is 36.2 Å². The minimum absolute atomic E-state index is 0.168. The number of nitrogens with one attached hydrogen (secondary N) is 1. The summed E-state index contributed by atoms with van der Waals surface area (Å²) in [6.07, 6.45) is 0. The van der Waals surface area contributed by atoms with E-state index in [9.17, 15) is 4.39 Å². The minimum atomic E-state index is -0.364. The Hall–Kier alpha value is -1.91. The summed E-state index contributed by atoms with van der Waals surface area (Å²) >= 11 is 0. The smallest absolute Gasteiger partial charge is 0.128 e. The quantitative estimate of drug-likeness (QED) is 0.860. The van der Waals surface area contributed by atoms with Crippen molar-refractivity contribution in [3.63, 3.8) is 0 Å². The summed E-state index contributed by atoms with van der Waals surface area (Å²) in [5.41, 5.74) is 3.69. The first-order valence-corrected chi connectivity index (χ1v) is 7.40. The SMILES string of the molecule is CC(NCc1ccc(F)c(CO)c1)c1ccccc1N(C)C. The van der Waals surface area contributed by atoms with Gasteiger partial charge in [0, 0.05) is 37.9 Å². The Morgan fingerprint density at radius 2 is 1.91 bits per heavy atom. The van der Waals surface area contributed by atoms with E-state index in [0.29, 0.717) is 12.1 Å². The van der Waals surface area contributed by atoms with E-state index in [1.807, 2.05) is 26.2 Å². The number of halogens is 1. The average Bonchev–Trinajstić information content (AvgIpc) is 2.53. The number of hydrogen-bond acceptors (Lipinski definition) is 3. The van der Waals surface area contributed by atoms with Crippen LogP contribution >= 0.6 is 0 Å². The van der Waals surface area contributed by atoms with E-state index < -0.39 is 0 Å². The van der Waals surface area contributed by atoms with Crippen LogP contribution in [0.4, 0.5) is 10.1 Å². The molecule has 2 aromatic carbocycles. The largest absolute Gasteiger partial charge is 0.392 e. The molecule has 2 rings (SSSR count). The molecule has 1 atom stereocenters. The molecule has 0 bridgehead atoms. The summed E-state index contributed by atoms with van der Waals surface area (Å²) in [5.74, 6) is -0.364. The topological polar surface area (TPSA) is 35.5 Å². The highest BCUT2D eigenvalue weighted by Crippen LogP contribution is 2.25. The molecular weight excluding hydrogens is 279 g/mol. The molecule has 22 heavy (non-hydrogen) atoms. The van der Waals surface area contributed by atoms with Crippen molar-refractivity contribution < 1.29 is 9.50 Å². The molecule has 0 heterocycles. The van der Waals surface area contributed by atoms with E-state index in [0.717, 1.165) is 5.56 Å². The highest BCUT2D eigenvalue weighted by molar-refractivity contribution is 5.53. The molecule has 118 valence electrons. The number of anilines is 1. The van der Waals surface area contributed by atoms with Crippen molar-refractivity contribution in [3.8, 4) is 0 Å². The molecule has 4 heteroatoms. The number of hydrogen-bond donors (Lipinski definition) is 2. The van der Waals surface area contributed by atoms with Crippen molar-refractivity contribution >= 4 is 5.69 Å². The lowest BCUT2D eigenvalue weighted by Gasteiger charge is -2.22. The summed E-state index contributed by atoms with van der Waals surface area (Å²) in [4.78, 5) is 2.09. The van der Waals surface area contributed by atoms with E-state index >= 15 is 0 Å². The summed E-state index contributed by atoms with van der Waals surface area (Å²) in [6.45, 7) is 2.45.